The van der Waals surface area contributed by atoms with Gasteiger partial charge in [0.15, 0.2) is 5.60 Å². The second-order valence-corrected chi connectivity index (χ2v) is 6.57. The molecule has 2 aromatic rings. The third-order valence-corrected chi connectivity index (χ3v) is 5.17. The van der Waals surface area contributed by atoms with E-state index in [0.29, 0.717) is 30.6 Å². The Balaban J connectivity index is 1.78. The first kappa shape index (κ1) is 15.1. The molecule has 1 aliphatic heterocycles. The minimum absolute atomic E-state index is 0.0118. The molecule has 0 saturated heterocycles. The topological polar surface area (TPSA) is 57.6 Å². The van der Waals surface area contributed by atoms with Gasteiger partial charge in [0.2, 0.25) is 0 Å². The number of anilines is 1. The number of fused-ring (bicyclic) bond motifs is 1. The van der Waals surface area contributed by atoms with Gasteiger partial charge in [-0.2, -0.15) is 0 Å². The Bertz CT molecular complexity index is 802. The molecule has 122 valence electrons. The number of hydrogen-bond acceptors (Lipinski definition) is 3. The molecule has 1 amide bonds. The Morgan fingerprint density at radius 1 is 1.04 bits per heavy atom. The fraction of sp³-hybridized carbons (Fsp3) is 0.300. The molecule has 0 unspecified atom stereocenters. The van der Waals surface area contributed by atoms with Crippen LogP contribution in [0.2, 0.25) is 0 Å². The molecule has 4 nitrogen and oxygen atoms in total. The number of rotatable bonds is 3. The van der Waals surface area contributed by atoms with E-state index in [9.17, 15) is 14.7 Å². The van der Waals surface area contributed by atoms with E-state index in [1.807, 2.05) is 48.5 Å². The lowest BCUT2D eigenvalue weighted by molar-refractivity contribution is -0.148. The lowest BCUT2D eigenvalue weighted by Crippen LogP contribution is -2.46. The molecule has 1 fully saturated rings. The summed E-state index contributed by atoms with van der Waals surface area (Å²) in [5.41, 5.74) is 0.529. The van der Waals surface area contributed by atoms with Gasteiger partial charge in [-0.05, 0) is 24.5 Å². The predicted octanol–water partition coefficient (Wildman–Crippen LogP) is 2.79. The van der Waals surface area contributed by atoms with Gasteiger partial charge in [-0.15, -0.1) is 0 Å². The first-order valence-electron chi connectivity index (χ1n) is 8.33. The van der Waals surface area contributed by atoms with Gasteiger partial charge in [-0.3, -0.25) is 9.59 Å². The van der Waals surface area contributed by atoms with Crippen LogP contribution in [0.25, 0.3) is 0 Å². The maximum atomic E-state index is 13.1. The number of carbonyl (C=O) groups is 2. The highest BCUT2D eigenvalue weighted by molar-refractivity contribution is 6.09. The van der Waals surface area contributed by atoms with Gasteiger partial charge in [0, 0.05) is 12.0 Å². The molecule has 4 heteroatoms. The van der Waals surface area contributed by atoms with Crippen molar-refractivity contribution >= 4 is 17.4 Å². The number of ketones is 1. The summed E-state index contributed by atoms with van der Waals surface area (Å²) in [5, 5.41) is 11.3. The Hall–Kier alpha value is -2.46. The predicted molar refractivity (Wildman–Crippen MR) is 90.3 cm³/mol. The van der Waals surface area contributed by atoms with Gasteiger partial charge in [-0.1, -0.05) is 48.5 Å². The highest BCUT2D eigenvalue weighted by Gasteiger charge is 2.57. The van der Waals surface area contributed by atoms with Gasteiger partial charge in [0.25, 0.3) is 5.91 Å². The van der Waals surface area contributed by atoms with Crippen molar-refractivity contribution in [3.05, 3.63) is 65.7 Å². The molecule has 24 heavy (non-hydrogen) atoms. The summed E-state index contributed by atoms with van der Waals surface area (Å²) in [6.07, 6.45) is 1.75. The SMILES string of the molecule is O=C1CCC[C@H]1[C@]1(O)C(=O)N(Cc2ccccc2)c2ccccc21. The molecule has 2 atom stereocenters. The number of hydrogen-bond donors (Lipinski definition) is 1. The third kappa shape index (κ3) is 2.10. The van der Waals surface area contributed by atoms with Gasteiger partial charge < -0.3 is 10.0 Å². The van der Waals surface area contributed by atoms with Crippen molar-refractivity contribution in [2.75, 3.05) is 4.90 Å². The van der Waals surface area contributed by atoms with E-state index in [1.165, 1.54) is 0 Å². The van der Waals surface area contributed by atoms with E-state index in [1.54, 1.807) is 11.0 Å². The molecule has 0 aromatic heterocycles. The summed E-state index contributed by atoms with van der Waals surface area (Å²) in [6.45, 7) is 0.389. The molecule has 0 spiro atoms. The first-order chi connectivity index (χ1) is 11.6. The number of Topliss-reactive ketones (excluding diaryl/α,β-unsaturated/α-hetero) is 1. The maximum Gasteiger partial charge on any atom is 0.264 e. The zero-order chi connectivity index (χ0) is 16.7. The van der Waals surface area contributed by atoms with Crippen molar-refractivity contribution in [3.63, 3.8) is 0 Å². The molecule has 1 N–H and O–H groups in total. The second-order valence-electron chi connectivity index (χ2n) is 6.57. The van der Waals surface area contributed by atoms with Crippen LogP contribution >= 0.6 is 0 Å². The molecule has 0 radical (unpaired) electrons. The molecule has 1 aliphatic carbocycles. The highest BCUT2D eigenvalue weighted by atomic mass is 16.3. The van der Waals surface area contributed by atoms with Crippen molar-refractivity contribution < 1.29 is 14.7 Å². The van der Waals surface area contributed by atoms with Crippen LogP contribution in [-0.2, 0) is 21.7 Å². The highest BCUT2D eigenvalue weighted by Crippen LogP contribution is 2.48. The summed E-state index contributed by atoms with van der Waals surface area (Å²) in [4.78, 5) is 27.0. The number of amides is 1. The van der Waals surface area contributed by atoms with Crippen LogP contribution in [0.5, 0.6) is 0 Å². The van der Waals surface area contributed by atoms with Crippen LogP contribution in [0.1, 0.15) is 30.4 Å². The van der Waals surface area contributed by atoms with Crippen LogP contribution in [0.15, 0.2) is 54.6 Å². The lowest BCUT2D eigenvalue weighted by atomic mass is 9.80. The fourth-order valence-corrected chi connectivity index (χ4v) is 3.98. The van der Waals surface area contributed by atoms with E-state index >= 15 is 0 Å². The van der Waals surface area contributed by atoms with Crippen molar-refractivity contribution in [3.8, 4) is 0 Å². The zero-order valence-electron chi connectivity index (χ0n) is 13.3. The summed E-state index contributed by atoms with van der Waals surface area (Å²) in [7, 11) is 0. The molecule has 1 heterocycles. The Morgan fingerprint density at radius 2 is 1.75 bits per heavy atom. The van der Waals surface area contributed by atoms with E-state index < -0.39 is 11.5 Å². The normalized spacial score (nSPS) is 26.0. The minimum Gasteiger partial charge on any atom is -0.375 e. The number of aliphatic hydroxyl groups is 1. The Labute approximate surface area is 140 Å². The van der Waals surface area contributed by atoms with Crippen LogP contribution in [0.4, 0.5) is 5.69 Å². The molecule has 2 aromatic carbocycles. The van der Waals surface area contributed by atoms with Crippen molar-refractivity contribution in [1.29, 1.82) is 0 Å². The van der Waals surface area contributed by atoms with Crippen LogP contribution in [0.3, 0.4) is 0 Å². The molecule has 1 saturated carbocycles. The van der Waals surface area contributed by atoms with Crippen molar-refractivity contribution in [1.82, 2.24) is 0 Å². The number of carbonyl (C=O) groups excluding carboxylic acids is 2. The molecular formula is C20H19NO3. The van der Waals surface area contributed by atoms with Gasteiger partial charge >= 0.3 is 0 Å². The number of nitrogens with zero attached hydrogens (tertiary/aromatic N) is 1. The van der Waals surface area contributed by atoms with Gasteiger partial charge in [0.1, 0.15) is 5.78 Å². The van der Waals surface area contributed by atoms with E-state index in [4.69, 9.17) is 0 Å². The molecule has 2 aliphatic rings. The average molecular weight is 321 g/mol. The molecular weight excluding hydrogens is 302 g/mol. The van der Waals surface area contributed by atoms with Crippen molar-refractivity contribution in [2.45, 2.75) is 31.4 Å². The summed E-state index contributed by atoms with van der Waals surface area (Å²) >= 11 is 0. The van der Waals surface area contributed by atoms with E-state index in [0.717, 1.165) is 12.0 Å². The lowest BCUT2D eigenvalue weighted by Gasteiger charge is -2.28. The smallest absolute Gasteiger partial charge is 0.264 e. The monoisotopic (exact) mass is 321 g/mol. The van der Waals surface area contributed by atoms with E-state index in [2.05, 4.69) is 0 Å². The van der Waals surface area contributed by atoms with Gasteiger partial charge in [0.05, 0.1) is 18.2 Å². The fourth-order valence-electron chi connectivity index (χ4n) is 3.98. The quantitative estimate of drug-likeness (QED) is 0.946. The standard InChI is InChI=1S/C20H19NO3/c22-18-12-6-10-16(18)20(24)15-9-4-5-11-17(15)21(19(20)23)13-14-7-2-1-3-8-14/h1-5,7-9,11,16,24H,6,10,12-13H2/t16-,20+/m1/s1. The summed E-state index contributed by atoms with van der Waals surface area (Å²) < 4.78 is 0. The van der Waals surface area contributed by atoms with E-state index in [-0.39, 0.29) is 11.7 Å². The molecule has 0 bridgehead atoms. The first-order valence-corrected chi connectivity index (χ1v) is 8.33. The van der Waals surface area contributed by atoms with Crippen LogP contribution in [0, 0.1) is 5.92 Å². The van der Waals surface area contributed by atoms with Crippen LogP contribution in [-0.4, -0.2) is 16.8 Å². The summed E-state index contributed by atoms with van der Waals surface area (Å²) in [5.74, 6) is -1.03. The molecule has 4 rings (SSSR count). The summed E-state index contributed by atoms with van der Waals surface area (Å²) in [6, 6.07) is 17.0. The van der Waals surface area contributed by atoms with Crippen molar-refractivity contribution in [2.24, 2.45) is 5.92 Å². The Morgan fingerprint density at radius 3 is 2.46 bits per heavy atom. The van der Waals surface area contributed by atoms with Crippen LogP contribution < -0.4 is 4.90 Å². The Kier molecular flexibility index (Phi) is 3.50. The minimum atomic E-state index is -1.72. The zero-order valence-corrected chi connectivity index (χ0v) is 13.3. The largest absolute Gasteiger partial charge is 0.375 e. The number of benzene rings is 2. The third-order valence-electron chi connectivity index (χ3n) is 5.17. The number of para-hydroxylation sites is 1. The average Bonchev–Trinajstić information content (AvgIpc) is 3.13. The second kappa shape index (κ2) is 5.56. The maximum absolute atomic E-state index is 13.1. The van der Waals surface area contributed by atoms with Gasteiger partial charge in [-0.25, -0.2) is 0 Å².